The average molecular weight is 248 g/mol. The molecular formula is C15H14F2O. The van der Waals surface area contributed by atoms with Crippen LogP contribution in [0.4, 0.5) is 8.78 Å². The molecule has 0 spiro atoms. The van der Waals surface area contributed by atoms with Crippen LogP contribution in [0.25, 0.3) is 0 Å². The van der Waals surface area contributed by atoms with Crippen molar-refractivity contribution in [3.8, 4) is 0 Å². The molecule has 0 heterocycles. The molecule has 94 valence electrons. The maximum absolute atomic E-state index is 12.9. The van der Waals surface area contributed by atoms with E-state index in [0.29, 0.717) is 0 Å². The maximum atomic E-state index is 12.9. The number of aliphatic hydroxyl groups excluding tert-OH is 1. The summed E-state index contributed by atoms with van der Waals surface area (Å²) in [6.07, 6.45) is -0.638. The molecule has 0 unspecified atom stereocenters. The number of halogens is 2. The van der Waals surface area contributed by atoms with Crippen molar-refractivity contribution in [3.63, 3.8) is 0 Å². The third kappa shape index (κ3) is 2.74. The van der Waals surface area contributed by atoms with Crippen molar-refractivity contribution in [2.75, 3.05) is 0 Å². The van der Waals surface area contributed by atoms with Crippen molar-refractivity contribution in [2.24, 2.45) is 0 Å². The van der Waals surface area contributed by atoms with Gasteiger partial charge in [0.15, 0.2) is 0 Å². The third-order valence-corrected chi connectivity index (χ3v) is 2.94. The van der Waals surface area contributed by atoms with Crippen LogP contribution in [-0.4, -0.2) is 11.2 Å². The highest BCUT2D eigenvalue weighted by molar-refractivity contribution is 5.33. The first kappa shape index (κ1) is 12.7. The Bertz CT molecular complexity index is 458. The predicted octanol–water partition coefficient (Wildman–Crippen LogP) is 3.48. The van der Waals surface area contributed by atoms with Crippen LogP contribution in [0.3, 0.4) is 0 Å². The van der Waals surface area contributed by atoms with Crippen LogP contribution in [0.1, 0.15) is 24.0 Å². The van der Waals surface area contributed by atoms with E-state index >= 15 is 0 Å². The molecule has 0 aliphatic heterocycles. The largest absolute Gasteiger partial charge is 0.392 e. The van der Waals surface area contributed by atoms with E-state index in [2.05, 4.69) is 0 Å². The van der Waals surface area contributed by atoms with Crippen LogP contribution in [0.5, 0.6) is 0 Å². The van der Waals surface area contributed by atoms with Gasteiger partial charge in [0.05, 0.1) is 6.10 Å². The monoisotopic (exact) mass is 248 g/mol. The first-order chi connectivity index (χ1) is 8.58. The van der Waals surface area contributed by atoms with E-state index < -0.39 is 6.10 Å². The number of aliphatic hydroxyl groups is 1. The lowest BCUT2D eigenvalue weighted by molar-refractivity contribution is 0.176. The van der Waals surface area contributed by atoms with Gasteiger partial charge in [0, 0.05) is 5.92 Å². The van der Waals surface area contributed by atoms with Gasteiger partial charge < -0.3 is 5.11 Å². The molecule has 2 rings (SSSR count). The number of hydrogen-bond acceptors (Lipinski definition) is 1. The molecule has 2 aromatic rings. The van der Waals surface area contributed by atoms with E-state index in [4.69, 9.17) is 0 Å². The van der Waals surface area contributed by atoms with Gasteiger partial charge in [0.2, 0.25) is 0 Å². The van der Waals surface area contributed by atoms with E-state index in [9.17, 15) is 13.9 Å². The molecule has 0 aromatic heterocycles. The summed E-state index contributed by atoms with van der Waals surface area (Å²) in [4.78, 5) is 0. The molecule has 18 heavy (non-hydrogen) atoms. The third-order valence-electron chi connectivity index (χ3n) is 2.94. The minimum Gasteiger partial charge on any atom is -0.392 e. The zero-order valence-corrected chi connectivity index (χ0v) is 9.98. The van der Waals surface area contributed by atoms with Gasteiger partial charge in [-0.05, 0) is 42.3 Å². The van der Waals surface area contributed by atoms with Gasteiger partial charge in [0.1, 0.15) is 11.6 Å². The smallest absolute Gasteiger partial charge is 0.123 e. The van der Waals surface area contributed by atoms with E-state index in [1.807, 2.05) is 0 Å². The molecule has 1 nitrogen and oxygen atoms in total. The highest BCUT2D eigenvalue weighted by Crippen LogP contribution is 2.28. The molecule has 0 radical (unpaired) electrons. The van der Waals surface area contributed by atoms with Crippen LogP contribution >= 0.6 is 0 Å². The first-order valence-electron chi connectivity index (χ1n) is 5.77. The van der Waals surface area contributed by atoms with Crippen molar-refractivity contribution < 1.29 is 13.9 Å². The highest BCUT2D eigenvalue weighted by Gasteiger charge is 2.19. The van der Waals surface area contributed by atoms with Crippen molar-refractivity contribution in [2.45, 2.75) is 18.9 Å². The van der Waals surface area contributed by atoms with Crippen LogP contribution < -0.4 is 0 Å². The number of rotatable bonds is 3. The second kappa shape index (κ2) is 5.27. The van der Waals surface area contributed by atoms with Crippen LogP contribution in [-0.2, 0) is 0 Å². The summed E-state index contributed by atoms with van der Waals surface area (Å²) in [5, 5.41) is 9.87. The molecule has 0 bridgehead atoms. The second-order valence-corrected chi connectivity index (χ2v) is 4.32. The molecule has 1 N–H and O–H groups in total. The Morgan fingerprint density at radius 1 is 0.778 bits per heavy atom. The molecule has 0 saturated heterocycles. The van der Waals surface area contributed by atoms with Crippen molar-refractivity contribution in [1.29, 1.82) is 0 Å². The Morgan fingerprint density at radius 2 is 1.11 bits per heavy atom. The summed E-state index contributed by atoms with van der Waals surface area (Å²) >= 11 is 0. The zero-order valence-electron chi connectivity index (χ0n) is 9.98. The summed E-state index contributed by atoms with van der Waals surface area (Å²) in [6, 6.07) is 12.0. The quantitative estimate of drug-likeness (QED) is 0.881. The van der Waals surface area contributed by atoms with Gasteiger partial charge in [-0.15, -0.1) is 0 Å². The first-order valence-corrected chi connectivity index (χ1v) is 5.77. The van der Waals surface area contributed by atoms with E-state index in [1.165, 1.54) is 24.3 Å². The van der Waals surface area contributed by atoms with Gasteiger partial charge in [-0.2, -0.15) is 0 Å². The molecule has 0 amide bonds. The van der Waals surface area contributed by atoms with Gasteiger partial charge in [-0.3, -0.25) is 0 Å². The van der Waals surface area contributed by atoms with Crippen LogP contribution in [0.2, 0.25) is 0 Å². The minimum atomic E-state index is -0.638. The SMILES string of the molecule is C[C@H](O)C(c1ccc(F)cc1)c1ccc(F)cc1. The Morgan fingerprint density at radius 3 is 1.39 bits per heavy atom. The molecule has 2 aromatic carbocycles. The lowest BCUT2D eigenvalue weighted by Crippen LogP contribution is -2.16. The lowest BCUT2D eigenvalue weighted by atomic mass is 9.87. The summed E-state index contributed by atoms with van der Waals surface area (Å²) in [5.74, 6) is -0.921. The molecular weight excluding hydrogens is 234 g/mol. The molecule has 3 heteroatoms. The zero-order chi connectivity index (χ0) is 13.1. The van der Waals surface area contributed by atoms with Gasteiger partial charge >= 0.3 is 0 Å². The van der Waals surface area contributed by atoms with Crippen molar-refractivity contribution in [1.82, 2.24) is 0 Å². The van der Waals surface area contributed by atoms with Crippen molar-refractivity contribution >= 4 is 0 Å². The van der Waals surface area contributed by atoms with Crippen molar-refractivity contribution in [3.05, 3.63) is 71.3 Å². The van der Waals surface area contributed by atoms with E-state index in [-0.39, 0.29) is 17.6 Å². The average Bonchev–Trinajstić information content (AvgIpc) is 2.34. The standard InChI is InChI=1S/C15H14F2O/c1-10(18)15(11-2-6-13(16)7-3-11)12-4-8-14(17)9-5-12/h2-10,15,18H,1H3/t10-/m0/s1. The van der Waals surface area contributed by atoms with Crippen LogP contribution in [0, 0.1) is 11.6 Å². The fourth-order valence-corrected chi connectivity index (χ4v) is 2.09. The maximum Gasteiger partial charge on any atom is 0.123 e. The summed E-state index contributed by atoms with van der Waals surface area (Å²) in [6.45, 7) is 1.66. The molecule has 0 aliphatic carbocycles. The molecule has 0 saturated carbocycles. The topological polar surface area (TPSA) is 20.2 Å². The normalized spacial score (nSPS) is 12.7. The Hall–Kier alpha value is -1.74. The Kier molecular flexibility index (Phi) is 3.72. The summed E-state index contributed by atoms with van der Waals surface area (Å²) in [7, 11) is 0. The van der Waals surface area contributed by atoms with E-state index in [1.54, 1.807) is 31.2 Å². The fraction of sp³-hybridized carbons (Fsp3) is 0.200. The molecule has 0 fully saturated rings. The van der Waals surface area contributed by atoms with E-state index in [0.717, 1.165) is 11.1 Å². The van der Waals surface area contributed by atoms with Gasteiger partial charge in [0.25, 0.3) is 0 Å². The Labute approximate surface area is 105 Å². The van der Waals surface area contributed by atoms with Crippen LogP contribution in [0.15, 0.2) is 48.5 Å². The Balaban J connectivity index is 2.39. The number of hydrogen-bond donors (Lipinski definition) is 1. The molecule has 0 aliphatic rings. The molecule has 1 atom stereocenters. The fourth-order valence-electron chi connectivity index (χ4n) is 2.09. The lowest BCUT2D eigenvalue weighted by Gasteiger charge is -2.21. The van der Waals surface area contributed by atoms with Gasteiger partial charge in [-0.1, -0.05) is 24.3 Å². The minimum absolute atomic E-state index is 0.286. The van der Waals surface area contributed by atoms with Gasteiger partial charge in [-0.25, -0.2) is 8.78 Å². The second-order valence-electron chi connectivity index (χ2n) is 4.32. The predicted molar refractivity (Wildman–Crippen MR) is 66.3 cm³/mol. The highest BCUT2D eigenvalue weighted by atomic mass is 19.1. The summed E-state index contributed by atoms with van der Waals surface area (Å²) in [5.41, 5.74) is 1.61. The number of benzene rings is 2. The summed E-state index contributed by atoms with van der Waals surface area (Å²) < 4.78 is 25.8.